The molecule has 0 fully saturated rings. The number of unbranched alkanes of at least 4 members (excludes halogenated alkanes) is 6. The zero-order chi connectivity index (χ0) is 15.9. The highest BCUT2D eigenvalue weighted by atomic mass is 32.2. The van der Waals surface area contributed by atoms with Gasteiger partial charge in [0.2, 0.25) is 5.91 Å². The molecule has 1 unspecified atom stereocenters. The van der Waals surface area contributed by atoms with Crippen molar-refractivity contribution in [2.24, 2.45) is 0 Å². The van der Waals surface area contributed by atoms with Crippen molar-refractivity contribution in [3.05, 3.63) is 12.7 Å². The Morgan fingerprint density at radius 2 is 1.81 bits per heavy atom. The van der Waals surface area contributed by atoms with Crippen molar-refractivity contribution in [3.8, 4) is 0 Å². The van der Waals surface area contributed by atoms with Crippen molar-refractivity contribution in [1.82, 2.24) is 5.32 Å². The SMILES string of the molecule is C=CCCCCCCCCC(=O)NC(CCSC)C(=O)O. The number of carboxylic acid groups (broad SMARTS) is 1. The highest BCUT2D eigenvalue weighted by molar-refractivity contribution is 7.98. The van der Waals surface area contributed by atoms with Crippen LogP contribution in [0.4, 0.5) is 0 Å². The van der Waals surface area contributed by atoms with Crippen LogP contribution in [0.2, 0.25) is 0 Å². The van der Waals surface area contributed by atoms with Gasteiger partial charge in [-0.1, -0.05) is 31.8 Å². The maximum atomic E-state index is 11.7. The lowest BCUT2D eigenvalue weighted by Crippen LogP contribution is -2.41. The maximum Gasteiger partial charge on any atom is 0.326 e. The molecule has 0 bridgehead atoms. The molecule has 0 aromatic rings. The molecule has 1 atom stereocenters. The Morgan fingerprint density at radius 1 is 1.19 bits per heavy atom. The van der Waals surface area contributed by atoms with Crippen LogP contribution in [0.3, 0.4) is 0 Å². The average molecular weight is 315 g/mol. The molecule has 5 heteroatoms. The summed E-state index contributed by atoms with van der Waals surface area (Å²) in [4.78, 5) is 22.7. The third-order valence-electron chi connectivity index (χ3n) is 3.31. The van der Waals surface area contributed by atoms with Crippen LogP contribution in [0, 0.1) is 0 Å². The standard InChI is InChI=1S/C16H29NO3S/c1-3-4-5-6-7-8-9-10-11-15(18)17-14(16(19)20)12-13-21-2/h3,14H,1,4-13H2,2H3,(H,17,18)(H,19,20). The van der Waals surface area contributed by atoms with Crippen LogP contribution in [0.1, 0.15) is 57.8 Å². The van der Waals surface area contributed by atoms with Gasteiger partial charge in [0.25, 0.3) is 0 Å². The van der Waals surface area contributed by atoms with Crippen molar-refractivity contribution >= 4 is 23.6 Å². The Morgan fingerprint density at radius 3 is 2.38 bits per heavy atom. The van der Waals surface area contributed by atoms with Crippen LogP contribution >= 0.6 is 11.8 Å². The first kappa shape index (κ1) is 20.0. The second-order valence-corrected chi connectivity index (χ2v) is 6.17. The minimum atomic E-state index is -0.945. The van der Waals surface area contributed by atoms with Crippen LogP contribution in [0.25, 0.3) is 0 Å². The monoisotopic (exact) mass is 315 g/mol. The third-order valence-corrected chi connectivity index (χ3v) is 3.95. The molecule has 0 spiro atoms. The normalized spacial score (nSPS) is 11.9. The van der Waals surface area contributed by atoms with E-state index in [-0.39, 0.29) is 5.91 Å². The summed E-state index contributed by atoms with van der Waals surface area (Å²) in [6, 6.07) is -0.746. The van der Waals surface area contributed by atoms with E-state index in [2.05, 4.69) is 11.9 Å². The van der Waals surface area contributed by atoms with E-state index in [9.17, 15) is 9.59 Å². The molecule has 1 amide bonds. The highest BCUT2D eigenvalue weighted by Gasteiger charge is 2.18. The average Bonchev–Trinajstić information content (AvgIpc) is 2.46. The summed E-state index contributed by atoms with van der Waals surface area (Å²) in [6.45, 7) is 3.69. The molecule has 21 heavy (non-hydrogen) atoms. The number of nitrogens with one attached hydrogen (secondary N) is 1. The molecule has 0 aromatic heterocycles. The van der Waals surface area contributed by atoms with Gasteiger partial charge in [-0.25, -0.2) is 4.79 Å². The summed E-state index contributed by atoms with van der Waals surface area (Å²) in [7, 11) is 0. The van der Waals surface area contributed by atoms with Gasteiger partial charge in [-0.05, 0) is 37.7 Å². The van der Waals surface area contributed by atoms with E-state index in [1.165, 1.54) is 19.3 Å². The van der Waals surface area contributed by atoms with Crippen molar-refractivity contribution in [2.75, 3.05) is 12.0 Å². The van der Waals surface area contributed by atoms with E-state index < -0.39 is 12.0 Å². The predicted octanol–water partition coefficient (Wildman–Crippen LogP) is 3.62. The van der Waals surface area contributed by atoms with Gasteiger partial charge in [-0.3, -0.25) is 4.79 Å². The number of carboxylic acids is 1. The zero-order valence-corrected chi connectivity index (χ0v) is 13.9. The summed E-state index contributed by atoms with van der Waals surface area (Å²) in [5.74, 6) is -0.350. The predicted molar refractivity (Wildman–Crippen MR) is 89.7 cm³/mol. The van der Waals surface area contributed by atoms with Crippen LogP contribution in [0.15, 0.2) is 12.7 Å². The molecule has 4 nitrogen and oxygen atoms in total. The Kier molecular flexibility index (Phi) is 13.3. The van der Waals surface area contributed by atoms with E-state index >= 15 is 0 Å². The molecule has 0 aliphatic heterocycles. The van der Waals surface area contributed by atoms with E-state index in [1.807, 2.05) is 12.3 Å². The van der Waals surface area contributed by atoms with Gasteiger partial charge in [0, 0.05) is 6.42 Å². The third kappa shape index (κ3) is 12.5. The van der Waals surface area contributed by atoms with Gasteiger partial charge in [0.1, 0.15) is 6.04 Å². The second-order valence-electron chi connectivity index (χ2n) is 5.19. The number of amides is 1. The molecular weight excluding hydrogens is 286 g/mol. The van der Waals surface area contributed by atoms with Gasteiger partial charge in [0.05, 0.1) is 0 Å². The summed E-state index contributed by atoms with van der Waals surface area (Å²) in [5, 5.41) is 11.6. The summed E-state index contributed by atoms with van der Waals surface area (Å²) in [5.41, 5.74) is 0. The molecule has 0 aliphatic rings. The Hall–Kier alpha value is -0.970. The number of carbonyl (C=O) groups is 2. The van der Waals surface area contributed by atoms with Gasteiger partial charge in [-0.15, -0.1) is 6.58 Å². The number of allylic oxidation sites excluding steroid dienone is 1. The Bertz CT molecular complexity index is 308. The molecule has 0 saturated heterocycles. The topological polar surface area (TPSA) is 66.4 Å². The number of thioether (sulfide) groups is 1. The number of hydrogen-bond acceptors (Lipinski definition) is 3. The molecule has 0 rings (SSSR count). The lowest BCUT2D eigenvalue weighted by atomic mass is 10.1. The van der Waals surface area contributed by atoms with Crippen molar-refractivity contribution in [1.29, 1.82) is 0 Å². The summed E-state index contributed by atoms with van der Waals surface area (Å²) < 4.78 is 0. The zero-order valence-electron chi connectivity index (χ0n) is 13.1. The van der Waals surface area contributed by atoms with Crippen LogP contribution in [-0.2, 0) is 9.59 Å². The Balaban J connectivity index is 3.63. The minimum Gasteiger partial charge on any atom is -0.480 e. The van der Waals surface area contributed by atoms with Crippen LogP contribution in [0.5, 0.6) is 0 Å². The first-order valence-corrected chi connectivity index (χ1v) is 9.13. The van der Waals surface area contributed by atoms with Crippen molar-refractivity contribution < 1.29 is 14.7 Å². The van der Waals surface area contributed by atoms with Crippen molar-refractivity contribution in [2.45, 2.75) is 63.8 Å². The largest absolute Gasteiger partial charge is 0.480 e. The van der Waals surface area contributed by atoms with Crippen LogP contribution in [-0.4, -0.2) is 35.0 Å². The number of carbonyl (C=O) groups excluding carboxylic acids is 1. The van der Waals surface area contributed by atoms with E-state index in [0.717, 1.165) is 31.4 Å². The van der Waals surface area contributed by atoms with Gasteiger partial charge >= 0.3 is 5.97 Å². The molecule has 0 aliphatic carbocycles. The first-order valence-electron chi connectivity index (χ1n) is 7.73. The molecule has 122 valence electrons. The quantitative estimate of drug-likeness (QED) is 0.379. The molecular formula is C16H29NO3S. The van der Waals surface area contributed by atoms with Gasteiger partial charge in [0.15, 0.2) is 0 Å². The first-order chi connectivity index (χ1) is 10.1. The minimum absolute atomic E-state index is 0.143. The number of hydrogen-bond donors (Lipinski definition) is 2. The fourth-order valence-electron chi connectivity index (χ4n) is 2.04. The van der Waals surface area contributed by atoms with E-state index in [1.54, 1.807) is 11.8 Å². The van der Waals surface area contributed by atoms with Gasteiger partial charge < -0.3 is 10.4 Å². The smallest absolute Gasteiger partial charge is 0.326 e. The summed E-state index contributed by atoms with van der Waals surface area (Å²) in [6.07, 6.45) is 12.5. The molecule has 2 N–H and O–H groups in total. The van der Waals surface area contributed by atoms with Crippen molar-refractivity contribution in [3.63, 3.8) is 0 Å². The molecule has 0 saturated carbocycles. The van der Waals surface area contributed by atoms with E-state index in [4.69, 9.17) is 5.11 Å². The highest BCUT2D eigenvalue weighted by Crippen LogP contribution is 2.09. The fourth-order valence-corrected chi connectivity index (χ4v) is 2.51. The lowest BCUT2D eigenvalue weighted by molar-refractivity contribution is -0.141. The second kappa shape index (κ2) is 14.0. The molecule has 0 heterocycles. The lowest BCUT2D eigenvalue weighted by Gasteiger charge is -2.13. The molecule has 0 radical (unpaired) electrons. The summed E-state index contributed by atoms with van der Waals surface area (Å²) >= 11 is 1.59. The number of rotatable bonds is 14. The van der Waals surface area contributed by atoms with Crippen LogP contribution < -0.4 is 5.32 Å². The van der Waals surface area contributed by atoms with Gasteiger partial charge in [-0.2, -0.15) is 11.8 Å². The molecule has 0 aromatic carbocycles. The number of aliphatic carboxylic acids is 1. The fraction of sp³-hybridized carbons (Fsp3) is 0.750. The van der Waals surface area contributed by atoms with E-state index in [0.29, 0.717) is 12.8 Å². The maximum absolute atomic E-state index is 11.7. The Labute approximate surface area is 132 Å².